The molecule has 34 heavy (non-hydrogen) atoms. The lowest BCUT2D eigenvalue weighted by molar-refractivity contribution is 0.0853. The van der Waals surface area contributed by atoms with Crippen molar-refractivity contribution in [3.63, 3.8) is 0 Å². The van der Waals surface area contributed by atoms with Crippen LogP contribution in [0, 0.1) is 5.82 Å². The van der Waals surface area contributed by atoms with Gasteiger partial charge in [0.15, 0.2) is 11.4 Å². The molecule has 1 aliphatic rings. The Bertz CT molecular complexity index is 1370. The van der Waals surface area contributed by atoms with E-state index in [-0.39, 0.29) is 23.0 Å². The lowest BCUT2D eigenvalue weighted by atomic mass is 9.91. The second kappa shape index (κ2) is 9.44. The molecule has 0 unspecified atom stereocenters. The molecule has 0 aliphatic carbocycles. The fourth-order valence-corrected chi connectivity index (χ4v) is 4.18. The summed E-state index contributed by atoms with van der Waals surface area (Å²) < 4.78 is 29.0. The largest absolute Gasteiger partial charge is 0.460 e. The van der Waals surface area contributed by atoms with Crippen molar-refractivity contribution in [3.8, 4) is 28.5 Å². The molecule has 2 aromatic carbocycles. The molecular weight excluding hydrogens is 435 g/mol. The summed E-state index contributed by atoms with van der Waals surface area (Å²) in [5, 5.41) is 8.83. The highest BCUT2D eigenvalue weighted by molar-refractivity contribution is 5.59. The summed E-state index contributed by atoms with van der Waals surface area (Å²) in [6.45, 7) is 4.90. The first kappa shape index (κ1) is 21.8. The first-order chi connectivity index (χ1) is 16.7. The van der Waals surface area contributed by atoms with Crippen molar-refractivity contribution >= 4 is 0 Å². The average molecular weight is 458 g/mol. The van der Waals surface area contributed by atoms with Gasteiger partial charge in [-0.2, -0.15) is 10.2 Å². The molecule has 0 atom stereocenters. The SMILES string of the molecule is C=COc1cn(-c2ccc(C3CCOCC3)cc2F)nc(-c2ccnn2-c2ccccc2)c1=O. The topological polar surface area (TPSA) is 71.2 Å². The third-order valence-corrected chi connectivity index (χ3v) is 5.89. The Morgan fingerprint density at radius 3 is 2.65 bits per heavy atom. The van der Waals surface area contributed by atoms with E-state index in [0.717, 1.165) is 30.4 Å². The van der Waals surface area contributed by atoms with Gasteiger partial charge in [0.1, 0.15) is 11.5 Å². The van der Waals surface area contributed by atoms with E-state index < -0.39 is 11.2 Å². The maximum absolute atomic E-state index is 15.3. The van der Waals surface area contributed by atoms with Crippen molar-refractivity contribution in [2.24, 2.45) is 0 Å². The highest BCUT2D eigenvalue weighted by Crippen LogP contribution is 2.29. The number of hydrogen-bond donors (Lipinski definition) is 0. The minimum atomic E-state index is -0.451. The monoisotopic (exact) mass is 458 g/mol. The molecule has 2 aromatic heterocycles. The van der Waals surface area contributed by atoms with Crippen LogP contribution in [-0.2, 0) is 4.74 Å². The first-order valence-corrected chi connectivity index (χ1v) is 11.0. The van der Waals surface area contributed by atoms with Crippen LogP contribution >= 0.6 is 0 Å². The molecule has 8 heteroatoms. The van der Waals surface area contributed by atoms with Crippen LogP contribution in [-0.4, -0.2) is 32.8 Å². The van der Waals surface area contributed by atoms with Gasteiger partial charge in [0.2, 0.25) is 0 Å². The van der Waals surface area contributed by atoms with E-state index in [1.807, 2.05) is 36.4 Å². The fraction of sp³-hybridized carbons (Fsp3) is 0.192. The van der Waals surface area contributed by atoms with Crippen molar-refractivity contribution in [2.75, 3.05) is 13.2 Å². The van der Waals surface area contributed by atoms with Gasteiger partial charge in [-0.25, -0.2) is 13.8 Å². The molecule has 5 rings (SSSR count). The number of halogens is 1. The molecule has 0 radical (unpaired) electrons. The molecule has 0 bridgehead atoms. The minimum absolute atomic E-state index is 0.0197. The van der Waals surface area contributed by atoms with E-state index >= 15 is 4.39 Å². The van der Waals surface area contributed by atoms with Crippen LogP contribution < -0.4 is 10.2 Å². The third kappa shape index (κ3) is 4.15. The lowest BCUT2D eigenvalue weighted by Gasteiger charge is -2.22. The Balaban J connectivity index is 1.61. The van der Waals surface area contributed by atoms with Crippen LogP contribution in [0.25, 0.3) is 22.8 Å². The zero-order valence-corrected chi connectivity index (χ0v) is 18.4. The summed E-state index contributed by atoms with van der Waals surface area (Å²) >= 11 is 0. The van der Waals surface area contributed by atoms with Crippen LogP contribution in [0.5, 0.6) is 5.75 Å². The smallest absolute Gasteiger partial charge is 0.252 e. The van der Waals surface area contributed by atoms with Crippen molar-refractivity contribution in [1.29, 1.82) is 0 Å². The molecule has 3 heterocycles. The zero-order chi connectivity index (χ0) is 23.5. The molecule has 172 valence electrons. The van der Waals surface area contributed by atoms with Gasteiger partial charge >= 0.3 is 0 Å². The fourth-order valence-electron chi connectivity index (χ4n) is 4.18. The van der Waals surface area contributed by atoms with Gasteiger partial charge in [0, 0.05) is 13.2 Å². The predicted octanol–water partition coefficient (Wildman–Crippen LogP) is 4.64. The van der Waals surface area contributed by atoms with Gasteiger partial charge in [0.05, 0.1) is 30.0 Å². The number of ether oxygens (including phenoxy) is 2. The number of benzene rings is 2. The van der Waals surface area contributed by atoms with Crippen LogP contribution in [0.1, 0.15) is 24.3 Å². The Morgan fingerprint density at radius 1 is 1.12 bits per heavy atom. The van der Waals surface area contributed by atoms with E-state index in [9.17, 15) is 4.79 Å². The maximum Gasteiger partial charge on any atom is 0.252 e. The van der Waals surface area contributed by atoms with Crippen molar-refractivity contribution in [3.05, 3.63) is 101 Å². The van der Waals surface area contributed by atoms with Gasteiger partial charge in [0.25, 0.3) is 5.43 Å². The van der Waals surface area contributed by atoms with E-state index in [1.54, 1.807) is 23.0 Å². The average Bonchev–Trinajstić information content (AvgIpc) is 3.36. The Morgan fingerprint density at radius 2 is 1.91 bits per heavy atom. The van der Waals surface area contributed by atoms with Gasteiger partial charge < -0.3 is 9.47 Å². The molecule has 0 N–H and O–H groups in total. The van der Waals surface area contributed by atoms with E-state index in [1.165, 1.54) is 16.9 Å². The molecular formula is C26H23FN4O3. The van der Waals surface area contributed by atoms with Gasteiger partial charge in [-0.05, 0) is 54.7 Å². The lowest BCUT2D eigenvalue weighted by Crippen LogP contribution is -2.18. The van der Waals surface area contributed by atoms with E-state index in [0.29, 0.717) is 18.9 Å². The molecule has 1 saturated heterocycles. The summed E-state index contributed by atoms with van der Waals surface area (Å²) in [6, 6.07) is 16.2. The van der Waals surface area contributed by atoms with Crippen molar-refractivity contribution < 1.29 is 13.9 Å². The van der Waals surface area contributed by atoms with Crippen LogP contribution in [0.3, 0.4) is 0 Å². The highest BCUT2D eigenvalue weighted by Gasteiger charge is 2.21. The number of rotatable bonds is 6. The first-order valence-electron chi connectivity index (χ1n) is 11.0. The van der Waals surface area contributed by atoms with E-state index in [4.69, 9.17) is 9.47 Å². The predicted molar refractivity (Wildman–Crippen MR) is 126 cm³/mol. The molecule has 1 aliphatic heterocycles. The van der Waals surface area contributed by atoms with E-state index in [2.05, 4.69) is 16.8 Å². The second-order valence-electron chi connectivity index (χ2n) is 7.96. The molecule has 0 spiro atoms. The van der Waals surface area contributed by atoms with Gasteiger partial charge in [-0.1, -0.05) is 30.8 Å². The van der Waals surface area contributed by atoms with Crippen LogP contribution in [0.2, 0.25) is 0 Å². The second-order valence-corrected chi connectivity index (χ2v) is 7.96. The Labute approximate surface area is 195 Å². The Kier molecular flexibility index (Phi) is 6.05. The molecule has 0 amide bonds. The normalized spacial score (nSPS) is 14.1. The quantitative estimate of drug-likeness (QED) is 0.394. The number of para-hydroxylation sites is 1. The highest BCUT2D eigenvalue weighted by atomic mass is 19.1. The molecule has 4 aromatic rings. The van der Waals surface area contributed by atoms with Gasteiger partial charge in [-0.15, -0.1) is 0 Å². The zero-order valence-electron chi connectivity index (χ0n) is 18.4. The van der Waals surface area contributed by atoms with Crippen LogP contribution in [0.15, 0.2) is 84.6 Å². The van der Waals surface area contributed by atoms with Gasteiger partial charge in [-0.3, -0.25) is 4.79 Å². The third-order valence-electron chi connectivity index (χ3n) is 5.89. The Hall–Kier alpha value is -4.04. The maximum atomic E-state index is 15.3. The molecule has 7 nitrogen and oxygen atoms in total. The van der Waals surface area contributed by atoms with Crippen molar-refractivity contribution in [2.45, 2.75) is 18.8 Å². The summed E-state index contributed by atoms with van der Waals surface area (Å²) in [5.41, 5.74) is 1.98. The van der Waals surface area contributed by atoms with Crippen LogP contribution in [0.4, 0.5) is 4.39 Å². The summed E-state index contributed by atoms with van der Waals surface area (Å²) in [5.74, 6) is -0.198. The summed E-state index contributed by atoms with van der Waals surface area (Å²) in [7, 11) is 0. The number of nitrogens with zero attached hydrogens (tertiary/aromatic N) is 4. The molecule has 1 fully saturated rings. The number of hydrogen-bond acceptors (Lipinski definition) is 5. The summed E-state index contributed by atoms with van der Waals surface area (Å²) in [4.78, 5) is 13.2. The summed E-state index contributed by atoms with van der Waals surface area (Å²) in [6.07, 6.45) is 5.82. The van der Waals surface area contributed by atoms with Crippen molar-refractivity contribution in [1.82, 2.24) is 19.6 Å². The standard InChI is InChI=1S/C26H23FN4O3/c1-2-34-24-17-30(22-9-8-19(16-21(22)27)18-11-14-33-15-12-18)29-25(26(24)32)23-10-13-28-31(23)20-6-4-3-5-7-20/h2-10,13,16-18H,1,11-12,14-15H2. The minimum Gasteiger partial charge on any atom is -0.460 e. The number of aromatic nitrogens is 4. The molecule has 0 saturated carbocycles.